The van der Waals surface area contributed by atoms with Gasteiger partial charge in [0.05, 0.1) is 0 Å². The van der Waals surface area contributed by atoms with Gasteiger partial charge in [0, 0.05) is 6.54 Å². The van der Waals surface area contributed by atoms with Crippen LogP contribution in [0.3, 0.4) is 0 Å². The molecule has 0 atom stereocenters. The summed E-state index contributed by atoms with van der Waals surface area (Å²) in [6.45, 7) is 4.34. The maximum atomic E-state index is 5.30. The van der Waals surface area contributed by atoms with E-state index in [1.165, 1.54) is 5.56 Å². The van der Waals surface area contributed by atoms with Crippen LogP contribution in [0.1, 0.15) is 5.56 Å². The molecule has 0 unspecified atom stereocenters. The van der Waals surface area contributed by atoms with Gasteiger partial charge >= 0.3 is 0 Å². The Balaban J connectivity index is 2.17. The standard InChI is InChI=1S/C10H15N3/c1-9(11)13-12-8-7-10-5-3-2-4-6-10/h2-6,12-13H,1,7-8,11H2. The third-order valence-electron chi connectivity index (χ3n) is 1.63. The van der Waals surface area contributed by atoms with Crippen molar-refractivity contribution < 1.29 is 0 Å². The lowest BCUT2D eigenvalue weighted by atomic mass is 10.2. The van der Waals surface area contributed by atoms with Gasteiger partial charge in [-0.25, -0.2) is 5.43 Å². The lowest BCUT2D eigenvalue weighted by molar-refractivity contribution is 0.597. The summed E-state index contributed by atoms with van der Waals surface area (Å²) in [5, 5.41) is 0. The van der Waals surface area contributed by atoms with E-state index in [-0.39, 0.29) is 0 Å². The second-order valence-corrected chi connectivity index (χ2v) is 2.81. The zero-order valence-electron chi connectivity index (χ0n) is 7.59. The molecule has 0 aliphatic carbocycles. The van der Waals surface area contributed by atoms with Crippen molar-refractivity contribution in [2.24, 2.45) is 5.73 Å². The monoisotopic (exact) mass is 177 g/mol. The Hall–Kier alpha value is -1.48. The Labute approximate surface area is 78.6 Å². The molecule has 1 rings (SSSR count). The lowest BCUT2D eigenvalue weighted by Gasteiger charge is -2.06. The van der Waals surface area contributed by atoms with E-state index in [1.54, 1.807) is 0 Å². The number of hydrazine groups is 1. The SMILES string of the molecule is C=C(N)NNCCc1ccccc1. The number of rotatable bonds is 5. The molecule has 0 bridgehead atoms. The fourth-order valence-electron chi connectivity index (χ4n) is 1.03. The summed E-state index contributed by atoms with van der Waals surface area (Å²) in [6.07, 6.45) is 0.973. The number of nitrogens with two attached hydrogens (primary N) is 1. The first-order chi connectivity index (χ1) is 6.29. The number of benzene rings is 1. The van der Waals surface area contributed by atoms with Crippen LogP contribution in [0.4, 0.5) is 0 Å². The molecule has 13 heavy (non-hydrogen) atoms. The third-order valence-corrected chi connectivity index (χ3v) is 1.63. The quantitative estimate of drug-likeness (QED) is 0.459. The molecule has 0 saturated heterocycles. The fraction of sp³-hybridized carbons (Fsp3) is 0.200. The van der Waals surface area contributed by atoms with Crippen LogP contribution in [0.2, 0.25) is 0 Å². The Bertz CT molecular complexity index is 256. The van der Waals surface area contributed by atoms with E-state index in [1.807, 2.05) is 18.2 Å². The van der Waals surface area contributed by atoms with Gasteiger partial charge in [0.1, 0.15) is 5.82 Å². The molecule has 0 amide bonds. The summed E-state index contributed by atoms with van der Waals surface area (Å²) in [7, 11) is 0. The van der Waals surface area contributed by atoms with Crippen molar-refractivity contribution in [3.05, 3.63) is 48.3 Å². The van der Waals surface area contributed by atoms with E-state index in [0.29, 0.717) is 5.82 Å². The second kappa shape index (κ2) is 5.22. The molecule has 1 aromatic rings. The van der Waals surface area contributed by atoms with E-state index < -0.39 is 0 Å². The maximum Gasteiger partial charge on any atom is 0.103 e. The second-order valence-electron chi connectivity index (χ2n) is 2.81. The van der Waals surface area contributed by atoms with Gasteiger partial charge < -0.3 is 11.2 Å². The van der Waals surface area contributed by atoms with Crippen LogP contribution in [-0.2, 0) is 6.42 Å². The topological polar surface area (TPSA) is 50.1 Å². The lowest BCUT2D eigenvalue weighted by Crippen LogP contribution is -2.35. The average molecular weight is 177 g/mol. The smallest absolute Gasteiger partial charge is 0.103 e. The predicted octanol–water partition coefficient (Wildman–Crippen LogP) is 0.753. The van der Waals surface area contributed by atoms with Crippen LogP contribution in [0.25, 0.3) is 0 Å². The summed E-state index contributed by atoms with van der Waals surface area (Å²) < 4.78 is 0. The van der Waals surface area contributed by atoms with Crippen molar-refractivity contribution in [1.29, 1.82) is 0 Å². The molecule has 0 heterocycles. The van der Waals surface area contributed by atoms with Gasteiger partial charge in [-0.3, -0.25) is 0 Å². The van der Waals surface area contributed by atoms with Crippen LogP contribution < -0.4 is 16.6 Å². The molecule has 0 radical (unpaired) electrons. The van der Waals surface area contributed by atoms with Crippen molar-refractivity contribution in [2.75, 3.05) is 6.54 Å². The molecule has 70 valence electrons. The Kier molecular flexibility index (Phi) is 3.85. The molecular weight excluding hydrogens is 162 g/mol. The highest BCUT2D eigenvalue weighted by Gasteiger charge is 1.89. The van der Waals surface area contributed by atoms with Gasteiger partial charge in [-0.2, -0.15) is 0 Å². The van der Waals surface area contributed by atoms with Gasteiger partial charge in [0.2, 0.25) is 0 Å². The Morgan fingerprint density at radius 1 is 1.31 bits per heavy atom. The molecule has 0 fully saturated rings. The summed E-state index contributed by atoms with van der Waals surface area (Å²) in [5.74, 6) is 0.438. The Morgan fingerprint density at radius 3 is 2.62 bits per heavy atom. The molecule has 0 spiro atoms. The van der Waals surface area contributed by atoms with E-state index in [2.05, 4.69) is 29.6 Å². The van der Waals surface area contributed by atoms with Gasteiger partial charge in [-0.1, -0.05) is 36.9 Å². The normalized spacial score (nSPS) is 9.54. The molecule has 0 aromatic heterocycles. The minimum atomic E-state index is 0.438. The highest BCUT2D eigenvalue weighted by atomic mass is 15.4. The Morgan fingerprint density at radius 2 is 2.00 bits per heavy atom. The minimum Gasteiger partial charge on any atom is -0.385 e. The van der Waals surface area contributed by atoms with E-state index in [0.717, 1.165) is 13.0 Å². The molecule has 0 saturated carbocycles. The highest BCUT2D eigenvalue weighted by molar-refractivity contribution is 5.14. The largest absolute Gasteiger partial charge is 0.385 e. The number of hydrogen-bond acceptors (Lipinski definition) is 3. The molecular formula is C10H15N3. The van der Waals surface area contributed by atoms with E-state index in [9.17, 15) is 0 Å². The molecule has 0 aliphatic rings. The molecule has 1 aromatic carbocycles. The van der Waals surface area contributed by atoms with Gasteiger partial charge in [0.25, 0.3) is 0 Å². The van der Waals surface area contributed by atoms with Crippen LogP contribution in [0, 0.1) is 0 Å². The molecule has 0 aliphatic heterocycles. The summed E-state index contributed by atoms with van der Waals surface area (Å²) in [4.78, 5) is 0. The van der Waals surface area contributed by atoms with Crippen molar-refractivity contribution in [1.82, 2.24) is 10.9 Å². The van der Waals surface area contributed by atoms with Crippen molar-refractivity contribution in [3.63, 3.8) is 0 Å². The zero-order chi connectivity index (χ0) is 9.52. The van der Waals surface area contributed by atoms with E-state index >= 15 is 0 Å². The van der Waals surface area contributed by atoms with Crippen LogP contribution in [-0.4, -0.2) is 6.54 Å². The fourth-order valence-corrected chi connectivity index (χ4v) is 1.03. The van der Waals surface area contributed by atoms with Gasteiger partial charge in [-0.15, -0.1) is 0 Å². The maximum absolute atomic E-state index is 5.30. The summed E-state index contributed by atoms with van der Waals surface area (Å²) in [5.41, 5.74) is 12.3. The van der Waals surface area contributed by atoms with Crippen molar-refractivity contribution in [2.45, 2.75) is 6.42 Å². The van der Waals surface area contributed by atoms with Crippen molar-refractivity contribution in [3.8, 4) is 0 Å². The minimum absolute atomic E-state index is 0.438. The molecule has 3 heteroatoms. The van der Waals surface area contributed by atoms with Gasteiger partial charge in [0.15, 0.2) is 0 Å². The highest BCUT2D eigenvalue weighted by Crippen LogP contribution is 1.97. The third kappa shape index (κ3) is 4.18. The van der Waals surface area contributed by atoms with Crippen molar-refractivity contribution >= 4 is 0 Å². The summed E-state index contributed by atoms with van der Waals surface area (Å²) in [6, 6.07) is 10.3. The first-order valence-electron chi connectivity index (χ1n) is 4.26. The first kappa shape index (κ1) is 9.61. The molecule has 3 nitrogen and oxygen atoms in total. The first-order valence-corrected chi connectivity index (χ1v) is 4.26. The van der Waals surface area contributed by atoms with Crippen LogP contribution >= 0.6 is 0 Å². The number of nitrogens with one attached hydrogen (secondary N) is 2. The van der Waals surface area contributed by atoms with Gasteiger partial charge in [-0.05, 0) is 12.0 Å². The summed E-state index contributed by atoms with van der Waals surface area (Å²) >= 11 is 0. The predicted molar refractivity (Wildman–Crippen MR) is 54.6 cm³/mol. The van der Waals surface area contributed by atoms with Crippen LogP contribution in [0.15, 0.2) is 42.7 Å². The number of hydrogen-bond donors (Lipinski definition) is 3. The van der Waals surface area contributed by atoms with E-state index in [4.69, 9.17) is 5.73 Å². The zero-order valence-corrected chi connectivity index (χ0v) is 7.59. The average Bonchev–Trinajstić information content (AvgIpc) is 2.14. The van der Waals surface area contributed by atoms with Crippen LogP contribution in [0.5, 0.6) is 0 Å². The molecule has 4 N–H and O–H groups in total.